The van der Waals surface area contributed by atoms with E-state index in [1.54, 1.807) is 12.1 Å². The molecular formula is C37H31N3O4S. The molecule has 0 saturated heterocycles. The molecule has 0 aliphatic carbocycles. The second-order valence-corrected chi connectivity index (χ2v) is 12.0. The lowest BCUT2D eigenvalue weighted by Gasteiger charge is -2.31. The van der Waals surface area contributed by atoms with Crippen molar-refractivity contribution < 1.29 is 18.1 Å². The number of hydrogen-bond acceptors (Lipinski definition) is 6. The van der Waals surface area contributed by atoms with E-state index >= 15 is 0 Å². The van der Waals surface area contributed by atoms with Crippen LogP contribution in [-0.2, 0) is 15.7 Å². The van der Waals surface area contributed by atoms with Crippen molar-refractivity contribution in [3.63, 3.8) is 0 Å². The van der Waals surface area contributed by atoms with Gasteiger partial charge in [0, 0.05) is 34.1 Å². The Morgan fingerprint density at radius 2 is 0.667 bits per heavy atom. The average Bonchev–Trinajstić information content (AvgIpc) is 3.06. The van der Waals surface area contributed by atoms with Crippen LogP contribution in [0.1, 0.15) is 16.7 Å². The molecule has 0 radical (unpaired) electrons. The smallest absolute Gasteiger partial charge is 0.294 e. The van der Waals surface area contributed by atoms with Gasteiger partial charge in [-0.2, -0.15) is 8.42 Å². The highest BCUT2D eigenvalue weighted by atomic mass is 32.2. The zero-order chi connectivity index (χ0) is 31.3. The number of aliphatic hydroxyl groups is 1. The van der Waals surface area contributed by atoms with E-state index < -0.39 is 15.7 Å². The minimum atomic E-state index is -4.27. The standard InChI is InChI=1S/C37H31N3O4S/c41-37(27-11-17-32(18-12-27)38-30-7-3-1-4-8-30,28-13-19-33(20-14-28)39-31-9-5-2-6-10-31)29-15-21-34(22-16-29)40-35-23-25-36(26-24-35)45(42,43)44/h1-26,38-41H,(H,42,43,44). The minimum Gasteiger partial charge on any atom is -0.376 e. The topological polar surface area (TPSA) is 111 Å². The van der Waals surface area contributed by atoms with Gasteiger partial charge in [-0.05, 0) is 102 Å². The first-order chi connectivity index (χ1) is 21.8. The number of benzene rings is 6. The van der Waals surface area contributed by atoms with Gasteiger partial charge in [0.15, 0.2) is 0 Å². The fourth-order valence-electron chi connectivity index (χ4n) is 5.14. The first-order valence-electron chi connectivity index (χ1n) is 14.3. The Morgan fingerprint density at radius 1 is 0.400 bits per heavy atom. The van der Waals surface area contributed by atoms with Crippen molar-refractivity contribution in [3.8, 4) is 0 Å². The molecule has 0 spiro atoms. The van der Waals surface area contributed by atoms with Crippen LogP contribution < -0.4 is 16.0 Å². The Balaban J connectivity index is 1.30. The Kier molecular flexibility index (Phi) is 8.35. The van der Waals surface area contributed by atoms with Gasteiger partial charge in [0.25, 0.3) is 10.1 Å². The van der Waals surface area contributed by atoms with Gasteiger partial charge in [-0.3, -0.25) is 4.55 Å². The molecule has 0 amide bonds. The summed E-state index contributed by atoms with van der Waals surface area (Å²) in [6.45, 7) is 0. The van der Waals surface area contributed by atoms with Crippen molar-refractivity contribution in [2.75, 3.05) is 16.0 Å². The molecule has 0 bridgehead atoms. The average molecular weight is 614 g/mol. The van der Waals surface area contributed by atoms with E-state index in [1.165, 1.54) is 12.1 Å². The number of rotatable bonds is 10. The Bertz CT molecular complexity index is 1880. The fourth-order valence-corrected chi connectivity index (χ4v) is 5.62. The molecule has 6 rings (SSSR count). The van der Waals surface area contributed by atoms with Gasteiger partial charge in [0.1, 0.15) is 5.60 Å². The van der Waals surface area contributed by atoms with Crippen molar-refractivity contribution in [2.24, 2.45) is 0 Å². The van der Waals surface area contributed by atoms with E-state index in [1.807, 2.05) is 133 Å². The normalized spacial score (nSPS) is 11.5. The molecule has 5 N–H and O–H groups in total. The quantitative estimate of drug-likeness (QED) is 0.0779. The lowest BCUT2D eigenvalue weighted by Crippen LogP contribution is -2.28. The molecule has 7 nitrogen and oxygen atoms in total. The van der Waals surface area contributed by atoms with Crippen LogP contribution in [0.4, 0.5) is 34.1 Å². The Labute approximate surface area is 262 Å². The van der Waals surface area contributed by atoms with E-state index in [-0.39, 0.29) is 4.90 Å². The van der Waals surface area contributed by atoms with E-state index in [2.05, 4.69) is 16.0 Å². The third-order valence-electron chi connectivity index (χ3n) is 7.47. The molecule has 45 heavy (non-hydrogen) atoms. The molecular weight excluding hydrogens is 582 g/mol. The summed E-state index contributed by atoms with van der Waals surface area (Å²) < 4.78 is 32.0. The highest BCUT2D eigenvalue weighted by Gasteiger charge is 2.34. The molecule has 0 heterocycles. The number of anilines is 6. The predicted molar refractivity (Wildman–Crippen MR) is 180 cm³/mol. The summed E-state index contributed by atoms with van der Waals surface area (Å²) >= 11 is 0. The van der Waals surface area contributed by atoms with Gasteiger partial charge in [-0.15, -0.1) is 0 Å². The molecule has 0 aliphatic heterocycles. The first-order valence-corrected chi connectivity index (χ1v) is 15.7. The third-order valence-corrected chi connectivity index (χ3v) is 8.34. The highest BCUT2D eigenvalue weighted by molar-refractivity contribution is 7.85. The molecule has 6 aromatic carbocycles. The van der Waals surface area contributed by atoms with Crippen LogP contribution in [-0.4, -0.2) is 18.1 Å². The number of hydrogen-bond donors (Lipinski definition) is 5. The maximum absolute atomic E-state index is 12.5. The molecule has 0 atom stereocenters. The second kappa shape index (κ2) is 12.7. The first kappa shape index (κ1) is 29.7. The van der Waals surface area contributed by atoms with Crippen LogP contribution >= 0.6 is 0 Å². The highest BCUT2D eigenvalue weighted by Crippen LogP contribution is 2.39. The maximum atomic E-state index is 12.5. The summed E-state index contributed by atoms with van der Waals surface area (Å²) in [5.41, 5.74) is 5.73. The van der Waals surface area contributed by atoms with E-state index in [0.29, 0.717) is 22.4 Å². The van der Waals surface area contributed by atoms with Crippen molar-refractivity contribution in [1.29, 1.82) is 0 Å². The van der Waals surface area contributed by atoms with Crippen LogP contribution in [0, 0.1) is 0 Å². The fraction of sp³-hybridized carbons (Fsp3) is 0.0270. The van der Waals surface area contributed by atoms with Crippen LogP contribution in [0.2, 0.25) is 0 Å². The molecule has 0 aliphatic rings. The van der Waals surface area contributed by atoms with Crippen LogP contribution in [0.5, 0.6) is 0 Å². The Morgan fingerprint density at radius 3 is 0.956 bits per heavy atom. The van der Waals surface area contributed by atoms with Gasteiger partial charge in [-0.25, -0.2) is 0 Å². The SMILES string of the molecule is O=S(=O)(O)c1ccc(Nc2ccc(C(O)(c3ccc(Nc4ccccc4)cc3)c3ccc(Nc4ccccc4)cc3)cc2)cc1. The van der Waals surface area contributed by atoms with Crippen molar-refractivity contribution in [1.82, 2.24) is 0 Å². The summed E-state index contributed by atoms with van der Waals surface area (Å²) in [6, 6.07) is 48.5. The number of nitrogens with one attached hydrogen (secondary N) is 3. The van der Waals surface area contributed by atoms with Gasteiger partial charge in [0.05, 0.1) is 4.90 Å². The zero-order valence-corrected chi connectivity index (χ0v) is 24.9. The molecule has 224 valence electrons. The predicted octanol–water partition coefficient (Wildman–Crippen LogP) is 8.45. The summed E-state index contributed by atoms with van der Waals surface area (Å²) in [5.74, 6) is 0. The van der Waals surface area contributed by atoms with E-state index in [9.17, 15) is 18.1 Å². The van der Waals surface area contributed by atoms with Crippen LogP contribution in [0.25, 0.3) is 0 Å². The van der Waals surface area contributed by atoms with Crippen molar-refractivity contribution in [3.05, 3.63) is 174 Å². The minimum absolute atomic E-state index is 0.177. The largest absolute Gasteiger partial charge is 0.376 e. The summed E-state index contributed by atoms with van der Waals surface area (Å²) in [6.07, 6.45) is 0. The molecule has 0 aromatic heterocycles. The van der Waals surface area contributed by atoms with Gasteiger partial charge in [-0.1, -0.05) is 72.8 Å². The van der Waals surface area contributed by atoms with Gasteiger partial charge in [0.2, 0.25) is 0 Å². The van der Waals surface area contributed by atoms with E-state index in [4.69, 9.17) is 0 Å². The molecule has 0 saturated carbocycles. The Hall–Kier alpha value is -5.41. The number of para-hydroxylation sites is 2. The third kappa shape index (κ3) is 6.89. The maximum Gasteiger partial charge on any atom is 0.294 e. The van der Waals surface area contributed by atoms with Crippen molar-refractivity contribution in [2.45, 2.75) is 10.5 Å². The summed E-state index contributed by atoms with van der Waals surface area (Å²) in [5, 5.41) is 22.5. The molecule has 0 unspecified atom stereocenters. The molecule has 0 fully saturated rings. The monoisotopic (exact) mass is 613 g/mol. The molecule has 6 aromatic rings. The van der Waals surface area contributed by atoms with Crippen molar-refractivity contribution >= 4 is 44.2 Å². The van der Waals surface area contributed by atoms with E-state index in [0.717, 1.165) is 28.4 Å². The zero-order valence-electron chi connectivity index (χ0n) is 24.1. The summed E-state index contributed by atoms with van der Waals surface area (Å²) in [7, 11) is -4.27. The van der Waals surface area contributed by atoms with Gasteiger partial charge < -0.3 is 21.1 Å². The second-order valence-electron chi connectivity index (χ2n) is 10.5. The lowest BCUT2D eigenvalue weighted by molar-refractivity contribution is 0.126. The van der Waals surface area contributed by atoms with Gasteiger partial charge >= 0.3 is 0 Å². The lowest BCUT2D eigenvalue weighted by atomic mass is 9.80. The molecule has 8 heteroatoms. The van der Waals surface area contributed by atoms with Crippen LogP contribution in [0.15, 0.2) is 163 Å². The van der Waals surface area contributed by atoms with Crippen LogP contribution in [0.3, 0.4) is 0 Å². The summed E-state index contributed by atoms with van der Waals surface area (Å²) in [4.78, 5) is -0.177.